The van der Waals surface area contributed by atoms with Gasteiger partial charge in [0, 0.05) is 24.7 Å². The molecule has 3 rings (SSSR count). The standard InChI is InChI=1S/C19H23FN2O4S/c1-4-8-22(15-7-9-27(23,24)12-15)11-17-13(2)26-19(21-17)14-5-6-16(20)18(10-14)25-3/h4-6,10,15H,1,7-9,11-12H2,2-3H3/t15-/m0/s1. The van der Waals surface area contributed by atoms with E-state index < -0.39 is 15.7 Å². The number of oxazole rings is 1. The zero-order chi connectivity index (χ0) is 19.6. The van der Waals surface area contributed by atoms with Gasteiger partial charge in [0.05, 0.1) is 24.3 Å². The summed E-state index contributed by atoms with van der Waals surface area (Å²) in [7, 11) is -1.58. The smallest absolute Gasteiger partial charge is 0.226 e. The van der Waals surface area contributed by atoms with Crippen LogP contribution in [-0.2, 0) is 16.4 Å². The Balaban J connectivity index is 1.84. The maximum absolute atomic E-state index is 13.6. The second-order valence-corrected chi connectivity index (χ2v) is 8.87. The molecule has 1 fully saturated rings. The van der Waals surface area contributed by atoms with E-state index in [0.29, 0.717) is 36.7 Å². The molecule has 1 aromatic carbocycles. The highest BCUT2D eigenvalue weighted by Crippen LogP contribution is 2.28. The van der Waals surface area contributed by atoms with E-state index in [2.05, 4.69) is 16.5 Å². The summed E-state index contributed by atoms with van der Waals surface area (Å²) in [6.45, 7) is 6.60. The van der Waals surface area contributed by atoms with Crippen molar-refractivity contribution in [1.82, 2.24) is 9.88 Å². The topological polar surface area (TPSA) is 72.6 Å². The molecular formula is C19H23FN2O4S. The van der Waals surface area contributed by atoms with Gasteiger partial charge in [-0.25, -0.2) is 17.8 Å². The largest absolute Gasteiger partial charge is 0.494 e. The number of hydrogen-bond acceptors (Lipinski definition) is 6. The van der Waals surface area contributed by atoms with Crippen LogP contribution in [0.5, 0.6) is 5.75 Å². The fourth-order valence-electron chi connectivity index (χ4n) is 3.26. The van der Waals surface area contributed by atoms with Crippen molar-refractivity contribution in [2.24, 2.45) is 0 Å². The number of aryl methyl sites for hydroxylation is 1. The van der Waals surface area contributed by atoms with E-state index in [0.717, 1.165) is 5.69 Å². The fraction of sp³-hybridized carbons (Fsp3) is 0.421. The van der Waals surface area contributed by atoms with E-state index in [1.54, 1.807) is 12.1 Å². The number of ether oxygens (including phenoxy) is 1. The number of benzene rings is 1. The average Bonchev–Trinajstić information content (AvgIpc) is 3.17. The van der Waals surface area contributed by atoms with Crippen LogP contribution < -0.4 is 4.74 Å². The molecule has 1 aliphatic heterocycles. The molecule has 27 heavy (non-hydrogen) atoms. The molecule has 0 aliphatic carbocycles. The van der Waals surface area contributed by atoms with Crippen LogP contribution in [0.3, 0.4) is 0 Å². The molecule has 0 radical (unpaired) electrons. The van der Waals surface area contributed by atoms with E-state index in [9.17, 15) is 12.8 Å². The molecule has 0 spiro atoms. The van der Waals surface area contributed by atoms with Crippen LogP contribution in [0.2, 0.25) is 0 Å². The Morgan fingerprint density at radius 1 is 1.48 bits per heavy atom. The van der Waals surface area contributed by atoms with Gasteiger partial charge in [-0.2, -0.15) is 0 Å². The van der Waals surface area contributed by atoms with Crippen molar-refractivity contribution >= 4 is 9.84 Å². The van der Waals surface area contributed by atoms with Gasteiger partial charge in [0.2, 0.25) is 5.89 Å². The third-order valence-corrected chi connectivity index (χ3v) is 6.48. The Kier molecular flexibility index (Phi) is 5.67. The summed E-state index contributed by atoms with van der Waals surface area (Å²) in [5, 5.41) is 0. The predicted molar refractivity (Wildman–Crippen MR) is 101 cm³/mol. The van der Waals surface area contributed by atoms with Crippen LogP contribution in [0.1, 0.15) is 17.9 Å². The molecule has 1 atom stereocenters. The number of nitrogens with zero attached hydrogens (tertiary/aromatic N) is 2. The Bertz CT molecular complexity index is 939. The maximum atomic E-state index is 13.6. The van der Waals surface area contributed by atoms with Gasteiger partial charge in [-0.05, 0) is 31.5 Å². The van der Waals surface area contributed by atoms with Crippen molar-refractivity contribution in [3.05, 3.63) is 48.1 Å². The molecule has 0 bridgehead atoms. The SMILES string of the molecule is C=CCN(Cc1nc(-c2ccc(F)c(OC)c2)oc1C)[C@H]1CCS(=O)(=O)C1. The second kappa shape index (κ2) is 7.82. The van der Waals surface area contributed by atoms with Gasteiger partial charge in [-0.15, -0.1) is 6.58 Å². The normalized spacial score (nSPS) is 18.7. The maximum Gasteiger partial charge on any atom is 0.226 e. The van der Waals surface area contributed by atoms with E-state index in [1.807, 2.05) is 6.92 Å². The van der Waals surface area contributed by atoms with Crippen molar-refractivity contribution in [1.29, 1.82) is 0 Å². The van der Waals surface area contributed by atoms with Crippen LogP contribution >= 0.6 is 0 Å². The molecule has 6 nitrogen and oxygen atoms in total. The highest BCUT2D eigenvalue weighted by molar-refractivity contribution is 7.91. The van der Waals surface area contributed by atoms with Crippen LogP contribution in [0.25, 0.3) is 11.5 Å². The van der Waals surface area contributed by atoms with E-state index in [1.165, 1.54) is 19.2 Å². The summed E-state index contributed by atoms with van der Waals surface area (Å²) in [6.07, 6.45) is 2.36. The Morgan fingerprint density at radius 2 is 2.26 bits per heavy atom. The monoisotopic (exact) mass is 394 g/mol. The lowest BCUT2D eigenvalue weighted by molar-refractivity contribution is 0.223. The molecule has 1 aliphatic rings. The van der Waals surface area contributed by atoms with Gasteiger partial charge >= 0.3 is 0 Å². The second-order valence-electron chi connectivity index (χ2n) is 6.65. The van der Waals surface area contributed by atoms with E-state index >= 15 is 0 Å². The molecule has 8 heteroatoms. The van der Waals surface area contributed by atoms with Crippen LogP contribution in [-0.4, -0.2) is 49.5 Å². The third-order valence-electron chi connectivity index (χ3n) is 4.73. The quantitative estimate of drug-likeness (QED) is 0.673. The number of aromatic nitrogens is 1. The minimum atomic E-state index is -2.98. The lowest BCUT2D eigenvalue weighted by Crippen LogP contribution is -2.36. The van der Waals surface area contributed by atoms with Crippen molar-refractivity contribution in [3.63, 3.8) is 0 Å². The molecule has 0 saturated carbocycles. The van der Waals surface area contributed by atoms with Crippen molar-refractivity contribution < 1.29 is 22.0 Å². The summed E-state index contributed by atoms with van der Waals surface area (Å²) in [6, 6.07) is 4.37. The number of methoxy groups -OCH3 is 1. The van der Waals surface area contributed by atoms with Gasteiger partial charge in [0.25, 0.3) is 0 Å². The molecule has 0 amide bonds. The van der Waals surface area contributed by atoms with Gasteiger partial charge in [-0.3, -0.25) is 4.90 Å². The van der Waals surface area contributed by atoms with E-state index in [-0.39, 0.29) is 23.3 Å². The summed E-state index contributed by atoms with van der Waals surface area (Å²) >= 11 is 0. The molecule has 1 aromatic heterocycles. The Morgan fingerprint density at radius 3 is 2.89 bits per heavy atom. The van der Waals surface area contributed by atoms with Crippen LogP contribution in [0.15, 0.2) is 35.3 Å². The molecule has 1 saturated heterocycles. The van der Waals surface area contributed by atoms with E-state index in [4.69, 9.17) is 9.15 Å². The summed E-state index contributed by atoms with van der Waals surface area (Å²) < 4.78 is 48.0. The van der Waals surface area contributed by atoms with Gasteiger partial charge in [0.1, 0.15) is 5.76 Å². The first-order chi connectivity index (χ1) is 12.8. The molecule has 146 valence electrons. The third kappa shape index (κ3) is 4.39. The fourth-order valence-corrected chi connectivity index (χ4v) is 5.02. The average molecular weight is 394 g/mol. The molecule has 0 unspecified atom stereocenters. The van der Waals surface area contributed by atoms with Crippen molar-refractivity contribution in [2.45, 2.75) is 25.9 Å². The van der Waals surface area contributed by atoms with Gasteiger partial charge in [-0.1, -0.05) is 6.08 Å². The number of sulfone groups is 1. The highest BCUT2D eigenvalue weighted by atomic mass is 32.2. The first-order valence-electron chi connectivity index (χ1n) is 8.68. The zero-order valence-corrected chi connectivity index (χ0v) is 16.3. The number of rotatable bonds is 7. The summed E-state index contributed by atoms with van der Waals surface area (Å²) in [5.41, 5.74) is 1.33. The first-order valence-corrected chi connectivity index (χ1v) is 10.5. The van der Waals surface area contributed by atoms with Crippen LogP contribution in [0.4, 0.5) is 4.39 Å². The van der Waals surface area contributed by atoms with Gasteiger partial charge < -0.3 is 9.15 Å². The molecule has 0 N–H and O–H groups in total. The summed E-state index contributed by atoms with van der Waals surface area (Å²) in [4.78, 5) is 6.60. The van der Waals surface area contributed by atoms with Crippen molar-refractivity contribution in [2.75, 3.05) is 25.2 Å². The Labute approximate surface area is 158 Å². The lowest BCUT2D eigenvalue weighted by Gasteiger charge is -2.25. The lowest BCUT2D eigenvalue weighted by atomic mass is 10.2. The van der Waals surface area contributed by atoms with Gasteiger partial charge in [0.15, 0.2) is 21.4 Å². The summed E-state index contributed by atoms with van der Waals surface area (Å²) in [5.74, 6) is 1.05. The molecule has 2 heterocycles. The van der Waals surface area contributed by atoms with Crippen molar-refractivity contribution in [3.8, 4) is 17.2 Å². The minimum absolute atomic E-state index is 0.0570. The first kappa shape index (κ1) is 19.6. The number of halogens is 1. The number of hydrogen-bond donors (Lipinski definition) is 0. The zero-order valence-electron chi connectivity index (χ0n) is 15.4. The highest BCUT2D eigenvalue weighted by Gasteiger charge is 2.32. The Hall–Kier alpha value is -2.19. The molecule has 2 aromatic rings. The van der Waals surface area contributed by atoms with Crippen LogP contribution in [0, 0.1) is 12.7 Å². The minimum Gasteiger partial charge on any atom is -0.494 e. The predicted octanol–water partition coefficient (Wildman–Crippen LogP) is 2.97. The molecular weight excluding hydrogens is 371 g/mol.